The van der Waals surface area contributed by atoms with Gasteiger partial charge >= 0.3 is 6.03 Å². The van der Waals surface area contributed by atoms with Gasteiger partial charge in [-0.25, -0.2) is 4.79 Å². The molecule has 0 radical (unpaired) electrons. The van der Waals surface area contributed by atoms with Gasteiger partial charge in [0.2, 0.25) is 0 Å². The molecule has 2 fully saturated rings. The Hall–Kier alpha value is -3.06. The van der Waals surface area contributed by atoms with Gasteiger partial charge in [0.05, 0.1) is 11.7 Å². The van der Waals surface area contributed by atoms with E-state index in [1.54, 1.807) is 6.07 Å². The summed E-state index contributed by atoms with van der Waals surface area (Å²) in [6.45, 7) is 5.14. The average Bonchev–Trinajstić information content (AvgIpc) is 3.33. The molecule has 1 unspecified atom stereocenters. The predicted octanol–water partition coefficient (Wildman–Crippen LogP) is 4.54. The minimum absolute atomic E-state index is 0.0824. The van der Waals surface area contributed by atoms with Gasteiger partial charge in [-0.05, 0) is 69.4 Å². The molecular formula is C25H32N4O3. The molecule has 2 aliphatic rings. The first-order chi connectivity index (χ1) is 15.6. The molecule has 0 aromatic heterocycles. The summed E-state index contributed by atoms with van der Waals surface area (Å²) in [7, 11) is 0. The van der Waals surface area contributed by atoms with Crippen LogP contribution in [0.2, 0.25) is 0 Å². The van der Waals surface area contributed by atoms with Crippen LogP contribution in [-0.4, -0.2) is 44.3 Å². The maximum absolute atomic E-state index is 13.1. The standard InChI is InChI=1S/C25H32N4O3/c1-18-7-9-19(10-8-18)27-25(31)28-20-11-12-23(29-13-3-2-4-14-29)22(16-20)24(30)26-17-21-6-5-15-32-21/h7-12,16,21H,2-6,13-15,17H2,1H3,(H,26,30)(H2,27,28,31). The van der Waals surface area contributed by atoms with Crippen LogP contribution in [0.3, 0.4) is 0 Å². The van der Waals surface area contributed by atoms with Gasteiger partial charge in [0.15, 0.2) is 0 Å². The molecule has 4 rings (SSSR count). The average molecular weight is 437 g/mol. The van der Waals surface area contributed by atoms with Crippen molar-refractivity contribution in [2.75, 3.05) is 41.8 Å². The molecule has 7 heteroatoms. The van der Waals surface area contributed by atoms with Crippen molar-refractivity contribution in [2.45, 2.75) is 45.1 Å². The number of carbonyl (C=O) groups is 2. The van der Waals surface area contributed by atoms with Crippen molar-refractivity contribution in [1.82, 2.24) is 5.32 Å². The summed E-state index contributed by atoms with van der Waals surface area (Å²) < 4.78 is 5.64. The highest BCUT2D eigenvalue weighted by Crippen LogP contribution is 2.27. The lowest BCUT2D eigenvalue weighted by Gasteiger charge is -2.30. The molecule has 0 saturated carbocycles. The Balaban J connectivity index is 1.48. The van der Waals surface area contributed by atoms with Gasteiger partial charge in [-0.15, -0.1) is 0 Å². The minimum Gasteiger partial charge on any atom is -0.376 e. The molecular weight excluding hydrogens is 404 g/mol. The third-order valence-electron chi connectivity index (χ3n) is 6.02. The smallest absolute Gasteiger partial charge is 0.323 e. The van der Waals surface area contributed by atoms with Crippen LogP contribution in [0.15, 0.2) is 42.5 Å². The molecule has 170 valence electrons. The lowest BCUT2D eigenvalue weighted by molar-refractivity contribution is 0.0858. The van der Waals surface area contributed by atoms with Gasteiger partial charge in [0.1, 0.15) is 0 Å². The van der Waals surface area contributed by atoms with E-state index in [2.05, 4.69) is 20.9 Å². The maximum Gasteiger partial charge on any atom is 0.323 e. The molecule has 2 aliphatic heterocycles. The van der Waals surface area contributed by atoms with Gasteiger partial charge in [0, 0.05) is 43.3 Å². The minimum atomic E-state index is -0.342. The second kappa shape index (κ2) is 10.5. The largest absolute Gasteiger partial charge is 0.376 e. The lowest BCUT2D eigenvalue weighted by Crippen LogP contribution is -2.35. The summed E-state index contributed by atoms with van der Waals surface area (Å²) in [5, 5.41) is 8.71. The van der Waals surface area contributed by atoms with Crippen LogP contribution in [-0.2, 0) is 4.74 Å². The highest BCUT2D eigenvalue weighted by atomic mass is 16.5. The van der Waals surface area contributed by atoms with Crippen molar-refractivity contribution in [3.8, 4) is 0 Å². The molecule has 0 spiro atoms. The normalized spacial score (nSPS) is 18.3. The fourth-order valence-electron chi connectivity index (χ4n) is 4.24. The summed E-state index contributed by atoms with van der Waals surface area (Å²) in [6, 6.07) is 12.8. The molecule has 2 heterocycles. The number of piperidine rings is 1. The molecule has 2 aromatic rings. The van der Waals surface area contributed by atoms with E-state index >= 15 is 0 Å². The first-order valence-electron chi connectivity index (χ1n) is 11.5. The number of carbonyl (C=O) groups excluding carboxylic acids is 2. The molecule has 2 saturated heterocycles. The van der Waals surface area contributed by atoms with Crippen LogP contribution in [0, 0.1) is 6.92 Å². The molecule has 1 atom stereocenters. The fourth-order valence-corrected chi connectivity index (χ4v) is 4.24. The molecule has 7 nitrogen and oxygen atoms in total. The Labute approximate surface area is 189 Å². The summed E-state index contributed by atoms with van der Waals surface area (Å²) in [6.07, 6.45) is 5.55. The van der Waals surface area contributed by atoms with Gasteiger partial charge < -0.3 is 25.6 Å². The number of amides is 3. The van der Waals surface area contributed by atoms with E-state index in [-0.39, 0.29) is 18.0 Å². The third kappa shape index (κ3) is 5.79. The van der Waals surface area contributed by atoms with Crippen LogP contribution >= 0.6 is 0 Å². The summed E-state index contributed by atoms with van der Waals surface area (Å²) >= 11 is 0. The molecule has 0 aliphatic carbocycles. The Morgan fingerprint density at radius 1 is 0.969 bits per heavy atom. The van der Waals surface area contributed by atoms with E-state index in [0.717, 1.165) is 56.6 Å². The van der Waals surface area contributed by atoms with E-state index < -0.39 is 0 Å². The Bertz CT molecular complexity index is 933. The predicted molar refractivity (Wildman–Crippen MR) is 128 cm³/mol. The highest BCUT2D eigenvalue weighted by Gasteiger charge is 2.22. The first-order valence-corrected chi connectivity index (χ1v) is 11.5. The second-order valence-electron chi connectivity index (χ2n) is 8.57. The summed E-state index contributed by atoms with van der Waals surface area (Å²) in [5.41, 5.74) is 3.92. The Morgan fingerprint density at radius 3 is 2.41 bits per heavy atom. The summed E-state index contributed by atoms with van der Waals surface area (Å²) in [4.78, 5) is 27.9. The lowest BCUT2D eigenvalue weighted by atomic mass is 10.1. The monoisotopic (exact) mass is 436 g/mol. The number of ether oxygens (including phenoxy) is 1. The van der Waals surface area contributed by atoms with Crippen molar-refractivity contribution in [2.24, 2.45) is 0 Å². The fraction of sp³-hybridized carbons (Fsp3) is 0.440. The number of nitrogens with one attached hydrogen (secondary N) is 3. The number of rotatable bonds is 6. The van der Waals surface area contributed by atoms with Gasteiger partial charge in [0.25, 0.3) is 5.91 Å². The number of urea groups is 1. The number of hydrogen-bond donors (Lipinski definition) is 3. The van der Waals surface area contributed by atoms with Crippen LogP contribution in [0.5, 0.6) is 0 Å². The van der Waals surface area contributed by atoms with Crippen LogP contribution in [0.1, 0.15) is 48.0 Å². The Morgan fingerprint density at radius 2 is 1.69 bits per heavy atom. The number of hydrogen-bond acceptors (Lipinski definition) is 4. The van der Waals surface area contributed by atoms with Crippen molar-refractivity contribution < 1.29 is 14.3 Å². The number of nitrogens with zero attached hydrogens (tertiary/aromatic N) is 1. The third-order valence-corrected chi connectivity index (χ3v) is 6.02. The van der Waals surface area contributed by atoms with E-state index in [4.69, 9.17) is 4.74 Å². The second-order valence-corrected chi connectivity index (χ2v) is 8.57. The van der Waals surface area contributed by atoms with Gasteiger partial charge in [-0.3, -0.25) is 4.79 Å². The van der Waals surface area contributed by atoms with Crippen molar-refractivity contribution >= 4 is 29.0 Å². The highest BCUT2D eigenvalue weighted by molar-refractivity contribution is 6.04. The van der Waals surface area contributed by atoms with Crippen molar-refractivity contribution in [3.05, 3.63) is 53.6 Å². The maximum atomic E-state index is 13.1. The van der Waals surface area contributed by atoms with Crippen LogP contribution in [0.25, 0.3) is 0 Å². The molecule has 32 heavy (non-hydrogen) atoms. The van der Waals surface area contributed by atoms with E-state index in [0.29, 0.717) is 23.5 Å². The number of benzene rings is 2. The van der Waals surface area contributed by atoms with Crippen LogP contribution < -0.4 is 20.9 Å². The SMILES string of the molecule is Cc1ccc(NC(=O)Nc2ccc(N3CCCCC3)c(C(=O)NCC3CCCO3)c2)cc1. The van der Waals surface area contributed by atoms with Crippen LogP contribution in [0.4, 0.5) is 21.9 Å². The van der Waals surface area contributed by atoms with Gasteiger partial charge in [-0.2, -0.15) is 0 Å². The first kappa shape index (κ1) is 22.1. The molecule has 2 aromatic carbocycles. The Kier molecular flexibility index (Phi) is 7.27. The van der Waals surface area contributed by atoms with Crippen molar-refractivity contribution in [1.29, 1.82) is 0 Å². The van der Waals surface area contributed by atoms with E-state index in [9.17, 15) is 9.59 Å². The zero-order valence-corrected chi connectivity index (χ0v) is 18.7. The summed E-state index contributed by atoms with van der Waals surface area (Å²) in [5.74, 6) is -0.135. The molecule has 0 bridgehead atoms. The van der Waals surface area contributed by atoms with E-state index in [1.165, 1.54) is 6.42 Å². The van der Waals surface area contributed by atoms with E-state index in [1.807, 2.05) is 43.3 Å². The van der Waals surface area contributed by atoms with Crippen molar-refractivity contribution in [3.63, 3.8) is 0 Å². The molecule has 3 amide bonds. The zero-order chi connectivity index (χ0) is 22.3. The number of anilines is 3. The quantitative estimate of drug-likeness (QED) is 0.621. The number of aryl methyl sites for hydroxylation is 1. The van der Waals surface area contributed by atoms with Gasteiger partial charge in [-0.1, -0.05) is 17.7 Å². The zero-order valence-electron chi connectivity index (χ0n) is 18.7. The topological polar surface area (TPSA) is 82.7 Å². The molecule has 3 N–H and O–H groups in total.